The molecule has 0 saturated heterocycles. The Morgan fingerprint density at radius 2 is 0.571 bits per heavy atom. The number of hydrogen-bond donors (Lipinski definition) is 0. The van der Waals surface area contributed by atoms with Crippen LogP contribution in [0, 0.1) is 0 Å². The number of rotatable bonds is 0. The molecule has 0 N–H and O–H groups in total. The van der Waals surface area contributed by atoms with E-state index in [-0.39, 0.29) is 105 Å². The van der Waals surface area contributed by atoms with Crippen LogP contribution in [-0.2, 0) is 105 Å². The van der Waals surface area contributed by atoms with Crippen LogP contribution in [0.3, 0.4) is 0 Å². The van der Waals surface area contributed by atoms with Gasteiger partial charge in [-0.15, -0.1) is 0 Å². The van der Waals surface area contributed by atoms with Crippen LogP contribution >= 0.6 is 0 Å². The average Bonchev–Trinajstić information content (AvgIpc) is 0. The van der Waals surface area contributed by atoms with Crippen LogP contribution in [0.4, 0.5) is 0 Å². The van der Waals surface area contributed by atoms with Crippen molar-refractivity contribution in [1.82, 2.24) is 0 Å². The van der Waals surface area contributed by atoms with E-state index in [4.69, 9.17) is 0 Å². The van der Waals surface area contributed by atoms with E-state index >= 15 is 0 Å². The molecule has 0 aliphatic carbocycles. The molecule has 0 aliphatic heterocycles. The Bertz CT molecular complexity index is 6.90. The second-order valence-corrected chi connectivity index (χ2v) is 0. The summed E-state index contributed by atoms with van der Waals surface area (Å²) >= 11 is 0. The van der Waals surface area contributed by atoms with Crippen molar-refractivity contribution >= 4 is 54.0 Å². The van der Waals surface area contributed by atoms with Gasteiger partial charge in [0.25, 0.3) is 0 Å². The van der Waals surface area contributed by atoms with Crippen LogP contribution in [0.5, 0.6) is 0 Å². The van der Waals surface area contributed by atoms with E-state index in [0.29, 0.717) is 0 Å². The molecule has 0 fully saturated rings. The summed E-state index contributed by atoms with van der Waals surface area (Å²) < 4.78 is 0. The third-order valence-corrected chi connectivity index (χ3v) is 0. The summed E-state index contributed by atoms with van der Waals surface area (Å²) in [4.78, 5) is 0. The van der Waals surface area contributed by atoms with Crippen LogP contribution in [0.2, 0.25) is 0 Å². The van der Waals surface area contributed by atoms with E-state index in [1.165, 1.54) is 0 Å². The predicted octanol–water partition coefficient (Wildman–Crippen LogP) is -1.62. The van der Waals surface area contributed by atoms with E-state index in [9.17, 15) is 0 Å². The molecule has 0 atom stereocenters. The minimum Gasteiger partial charge on any atom is -0.813 e. The molecule has 0 heterocycles. The van der Waals surface area contributed by atoms with Crippen LogP contribution in [0.15, 0.2) is 0 Å². The van der Waals surface area contributed by atoms with Crippen molar-refractivity contribution in [3.8, 4) is 0 Å². The molecular formula is H6Fe3S4. The summed E-state index contributed by atoms with van der Waals surface area (Å²) in [6.45, 7) is 0. The quantitative estimate of drug-likeness (QED) is 0.228. The molecule has 0 aromatic heterocycles. The molecule has 0 nitrogen and oxygen atoms in total. The fourth-order valence-electron chi connectivity index (χ4n) is 0. The molecular weight excluding hydrogens is 296 g/mol. The molecule has 0 aromatic rings. The Labute approximate surface area is 104 Å². The molecule has 0 aromatic carbocycles. The zero-order valence-electron chi connectivity index (χ0n) is 2.98. The van der Waals surface area contributed by atoms with Gasteiger partial charge in [0.2, 0.25) is 0 Å². The maximum Gasteiger partial charge on any atom is 2.00 e. The Balaban J connectivity index is 0. The monoisotopic (exact) mass is 302 g/mol. The molecule has 7 heteroatoms. The zero-order valence-corrected chi connectivity index (χ0v) is 10.1. The second kappa shape index (κ2) is 64.8. The molecule has 0 radical (unpaired) electrons. The Morgan fingerprint density at radius 1 is 0.571 bits per heavy atom. The molecule has 0 amide bonds. The summed E-state index contributed by atoms with van der Waals surface area (Å²) in [7, 11) is 0. The van der Waals surface area contributed by atoms with Crippen molar-refractivity contribution in [2.45, 2.75) is 0 Å². The minimum absolute atomic E-state index is 0. The van der Waals surface area contributed by atoms with Gasteiger partial charge in [-0.25, -0.2) is 0 Å². The molecule has 7 heavy (non-hydrogen) atoms. The summed E-state index contributed by atoms with van der Waals surface area (Å²) in [5, 5.41) is 0. The smallest absolute Gasteiger partial charge is 0.813 e. The Morgan fingerprint density at radius 3 is 0.571 bits per heavy atom. The molecule has 0 bridgehead atoms. The van der Waals surface area contributed by atoms with Crippen LogP contribution in [0.1, 0.15) is 0 Å². The fraction of sp³-hybridized carbons (Fsp3) is 0. The molecule has 0 saturated carbocycles. The van der Waals surface area contributed by atoms with E-state index < -0.39 is 0 Å². The normalized spacial score (nSPS) is 0. The van der Waals surface area contributed by atoms with Gasteiger partial charge in [0.05, 0.1) is 0 Å². The van der Waals surface area contributed by atoms with E-state index in [2.05, 4.69) is 0 Å². The van der Waals surface area contributed by atoms with Gasteiger partial charge in [-0.1, -0.05) is 13.5 Å². The van der Waals surface area contributed by atoms with Gasteiger partial charge in [-0.05, 0) is 0 Å². The van der Waals surface area contributed by atoms with Gasteiger partial charge in [0.15, 0.2) is 0 Å². The average molecular weight is 302 g/mol. The second-order valence-electron chi connectivity index (χ2n) is 0. The fourth-order valence-corrected chi connectivity index (χ4v) is 0. The van der Waals surface area contributed by atoms with Crippen molar-refractivity contribution in [1.29, 1.82) is 0 Å². The molecule has 0 aliphatic rings. The van der Waals surface area contributed by atoms with Gasteiger partial charge in [-0.2, -0.15) is 0 Å². The van der Waals surface area contributed by atoms with Crippen molar-refractivity contribution in [3.05, 3.63) is 0 Å². The SMILES string of the molecule is [Fe+2].[Fe].[Fe].[SH-].[SH-].[SH-].[SH3+]. The maximum absolute atomic E-state index is 0. The first kappa shape index (κ1) is 91.3. The van der Waals surface area contributed by atoms with Gasteiger partial charge < -0.3 is 40.5 Å². The molecule has 0 rings (SSSR count). The Hall–Kier alpha value is 2.96. The van der Waals surface area contributed by atoms with Gasteiger partial charge in [0.1, 0.15) is 0 Å². The summed E-state index contributed by atoms with van der Waals surface area (Å²) in [5.41, 5.74) is 0. The first-order valence-corrected chi connectivity index (χ1v) is 0. The third-order valence-electron chi connectivity index (χ3n) is 0. The van der Waals surface area contributed by atoms with Crippen LogP contribution in [-0.4, -0.2) is 0 Å². The molecule has 0 unspecified atom stereocenters. The predicted molar refractivity (Wildman–Crippen MR) is 37.8 cm³/mol. The van der Waals surface area contributed by atoms with Crippen molar-refractivity contribution in [3.63, 3.8) is 0 Å². The van der Waals surface area contributed by atoms with Gasteiger partial charge >= 0.3 is 17.1 Å². The zero-order chi connectivity index (χ0) is 0. The van der Waals surface area contributed by atoms with Gasteiger partial charge in [0, 0.05) is 34.1 Å². The first-order valence-electron chi connectivity index (χ1n) is 0. The standard InChI is InChI=1S/3Fe.4H2S/h;;;4*1H2/q;;+2;;;;/p-2. The van der Waals surface area contributed by atoms with Crippen LogP contribution < -0.4 is 0 Å². The summed E-state index contributed by atoms with van der Waals surface area (Å²) in [5.74, 6) is 0. The Kier molecular flexibility index (Phi) is 846. The first-order chi connectivity index (χ1) is 0. The minimum atomic E-state index is 0. The summed E-state index contributed by atoms with van der Waals surface area (Å²) in [6, 6.07) is 0. The maximum atomic E-state index is 0. The summed E-state index contributed by atoms with van der Waals surface area (Å²) in [6.07, 6.45) is 0. The van der Waals surface area contributed by atoms with E-state index in [1.54, 1.807) is 0 Å². The van der Waals surface area contributed by atoms with Crippen molar-refractivity contribution in [2.75, 3.05) is 0 Å². The van der Waals surface area contributed by atoms with Crippen molar-refractivity contribution < 1.29 is 51.2 Å². The van der Waals surface area contributed by atoms with Gasteiger partial charge in [-0.3, -0.25) is 0 Å². The number of thiol groups is 3. The van der Waals surface area contributed by atoms with E-state index in [1.807, 2.05) is 0 Å². The van der Waals surface area contributed by atoms with Crippen molar-refractivity contribution in [2.24, 2.45) is 0 Å². The van der Waals surface area contributed by atoms with E-state index in [0.717, 1.165) is 0 Å². The number of hydrogen-bond acceptors (Lipinski definition) is 3. The molecule has 54 valence electrons. The largest absolute Gasteiger partial charge is 2.00 e. The van der Waals surface area contributed by atoms with Crippen LogP contribution in [0.25, 0.3) is 0 Å². The third kappa shape index (κ3) is 49.6. The topological polar surface area (TPSA) is 0 Å². The molecule has 0 spiro atoms.